The minimum atomic E-state index is -0.396. The number of amides is 2. The van der Waals surface area contributed by atoms with Crippen LogP contribution in [0.3, 0.4) is 0 Å². The minimum absolute atomic E-state index is 0.148. The van der Waals surface area contributed by atoms with Crippen LogP contribution in [0.1, 0.15) is 48.5 Å². The molecule has 2 aromatic carbocycles. The number of carbonyl (C=O) groups is 2. The molecule has 0 unspecified atom stereocenters. The first-order chi connectivity index (χ1) is 19.2. The van der Waals surface area contributed by atoms with E-state index in [0.717, 1.165) is 12.1 Å². The molecule has 0 radical (unpaired) electrons. The second-order valence-electron chi connectivity index (χ2n) is 9.89. The number of rotatable bonds is 11. The standard InChI is InChI=1S/C30H36N6O4/c1-19(2)35(20(3)4)17-15-32-29(37)22-10-8-21(9-11-22)27-23(12-13-25(39-5)28(27)40-6)33-30(38)24-18-26-31-14-7-16-36(26)34-24/h7-14,16,18-20H,15,17H2,1-6H3,(H,32,37)(H,33,38). The van der Waals surface area contributed by atoms with E-state index in [1.54, 1.807) is 63.0 Å². The van der Waals surface area contributed by atoms with Crippen LogP contribution in [0, 0.1) is 0 Å². The van der Waals surface area contributed by atoms with E-state index >= 15 is 0 Å². The second-order valence-corrected chi connectivity index (χ2v) is 9.89. The van der Waals surface area contributed by atoms with Crippen molar-refractivity contribution in [3.8, 4) is 22.6 Å². The Morgan fingerprint density at radius 1 is 0.975 bits per heavy atom. The summed E-state index contributed by atoms with van der Waals surface area (Å²) in [7, 11) is 3.09. The highest BCUT2D eigenvalue weighted by Crippen LogP contribution is 2.43. The Morgan fingerprint density at radius 2 is 1.70 bits per heavy atom. The zero-order valence-corrected chi connectivity index (χ0v) is 23.8. The van der Waals surface area contributed by atoms with Gasteiger partial charge in [-0.2, -0.15) is 5.10 Å². The molecular formula is C30H36N6O4. The molecule has 0 spiro atoms. The molecule has 0 aliphatic heterocycles. The molecule has 40 heavy (non-hydrogen) atoms. The molecule has 0 saturated heterocycles. The maximum Gasteiger partial charge on any atom is 0.276 e. The molecule has 2 heterocycles. The molecule has 0 fully saturated rings. The molecule has 2 amide bonds. The fourth-order valence-electron chi connectivity index (χ4n) is 4.75. The van der Waals surface area contributed by atoms with Crippen LogP contribution in [0.15, 0.2) is 60.9 Å². The van der Waals surface area contributed by atoms with E-state index < -0.39 is 5.91 Å². The molecule has 10 nitrogen and oxygen atoms in total. The van der Waals surface area contributed by atoms with E-state index in [1.165, 1.54) is 4.52 Å². The fourth-order valence-corrected chi connectivity index (χ4v) is 4.75. The molecule has 0 aliphatic carbocycles. The number of hydrogen-bond acceptors (Lipinski definition) is 7. The summed E-state index contributed by atoms with van der Waals surface area (Å²) in [6.45, 7) is 9.93. The van der Waals surface area contributed by atoms with Gasteiger partial charge in [-0.15, -0.1) is 0 Å². The number of methoxy groups -OCH3 is 2. The summed E-state index contributed by atoms with van der Waals surface area (Å²) in [6, 6.07) is 14.8. The minimum Gasteiger partial charge on any atom is -0.493 e. The molecule has 0 saturated carbocycles. The Hall–Kier alpha value is -4.44. The number of nitrogens with one attached hydrogen (secondary N) is 2. The predicted molar refractivity (Wildman–Crippen MR) is 155 cm³/mol. The third-order valence-corrected chi connectivity index (χ3v) is 6.68. The number of fused-ring (bicyclic) bond motifs is 1. The summed E-state index contributed by atoms with van der Waals surface area (Å²) >= 11 is 0. The van der Waals surface area contributed by atoms with Crippen molar-refractivity contribution in [2.45, 2.75) is 39.8 Å². The zero-order chi connectivity index (χ0) is 28.8. The molecule has 2 aromatic heterocycles. The first kappa shape index (κ1) is 28.6. The van der Waals surface area contributed by atoms with Crippen LogP contribution in [0.25, 0.3) is 16.8 Å². The molecule has 0 aliphatic rings. The molecule has 0 atom stereocenters. The summed E-state index contributed by atoms with van der Waals surface area (Å²) in [5.41, 5.74) is 3.19. The van der Waals surface area contributed by atoms with Crippen molar-refractivity contribution in [1.29, 1.82) is 0 Å². The molecule has 10 heteroatoms. The quantitative estimate of drug-likeness (QED) is 0.286. The van der Waals surface area contributed by atoms with Crippen LogP contribution >= 0.6 is 0 Å². The highest BCUT2D eigenvalue weighted by Gasteiger charge is 2.21. The lowest BCUT2D eigenvalue weighted by molar-refractivity contribution is 0.0938. The number of nitrogens with zero attached hydrogens (tertiary/aromatic N) is 4. The summed E-state index contributed by atoms with van der Waals surface area (Å²) in [6.07, 6.45) is 3.37. The summed E-state index contributed by atoms with van der Waals surface area (Å²) < 4.78 is 12.8. The van der Waals surface area contributed by atoms with E-state index in [-0.39, 0.29) is 11.6 Å². The monoisotopic (exact) mass is 544 g/mol. The van der Waals surface area contributed by atoms with E-state index in [4.69, 9.17) is 9.47 Å². The van der Waals surface area contributed by atoms with Gasteiger partial charge in [0.1, 0.15) is 0 Å². The van der Waals surface area contributed by atoms with Crippen molar-refractivity contribution in [3.05, 3.63) is 72.2 Å². The van der Waals surface area contributed by atoms with Crippen LogP contribution < -0.4 is 20.1 Å². The van der Waals surface area contributed by atoms with Gasteiger partial charge in [-0.25, -0.2) is 9.50 Å². The number of benzene rings is 2. The van der Waals surface area contributed by atoms with Crippen LogP contribution in [-0.4, -0.2) is 70.7 Å². The van der Waals surface area contributed by atoms with Gasteiger partial charge >= 0.3 is 0 Å². The predicted octanol–water partition coefficient (Wildman–Crippen LogP) is 4.51. The van der Waals surface area contributed by atoms with Gasteiger partial charge in [-0.05, 0) is 63.6 Å². The lowest BCUT2D eigenvalue weighted by atomic mass is 9.99. The summed E-state index contributed by atoms with van der Waals surface area (Å²) in [5.74, 6) is 0.420. The third-order valence-electron chi connectivity index (χ3n) is 6.68. The van der Waals surface area contributed by atoms with Gasteiger partial charge in [-0.3, -0.25) is 14.5 Å². The lowest BCUT2D eigenvalue weighted by Crippen LogP contribution is -2.42. The molecule has 210 valence electrons. The topological polar surface area (TPSA) is 110 Å². The van der Waals surface area contributed by atoms with Crippen LogP contribution in [-0.2, 0) is 0 Å². The highest BCUT2D eigenvalue weighted by molar-refractivity contribution is 6.06. The van der Waals surface area contributed by atoms with Gasteiger partial charge in [0.25, 0.3) is 11.8 Å². The van der Waals surface area contributed by atoms with E-state index in [1.807, 2.05) is 12.1 Å². The van der Waals surface area contributed by atoms with Gasteiger partial charge in [0, 0.05) is 49.2 Å². The zero-order valence-electron chi connectivity index (χ0n) is 23.8. The van der Waals surface area contributed by atoms with Crippen molar-refractivity contribution in [3.63, 3.8) is 0 Å². The first-order valence-electron chi connectivity index (χ1n) is 13.2. The van der Waals surface area contributed by atoms with Crippen LogP contribution in [0.4, 0.5) is 5.69 Å². The number of hydrogen-bond donors (Lipinski definition) is 2. The SMILES string of the molecule is COc1ccc(NC(=O)c2cc3ncccn3n2)c(-c2ccc(C(=O)NCCN(C(C)C)C(C)C)cc2)c1OC. The van der Waals surface area contributed by atoms with Crippen molar-refractivity contribution in [2.24, 2.45) is 0 Å². The van der Waals surface area contributed by atoms with Crippen molar-refractivity contribution >= 4 is 23.1 Å². The van der Waals surface area contributed by atoms with E-state index in [2.05, 4.69) is 53.3 Å². The number of carbonyl (C=O) groups excluding carboxylic acids is 2. The van der Waals surface area contributed by atoms with Gasteiger partial charge in [-0.1, -0.05) is 12.1 Å². The van der Waals surface area contributed by atoms with Gasteiger partial charge in [0.15, 0.2) is 22.8 Å². The first-order valence-corrected chi connectivity index (χ1v) is 13.2. The Morgan fingerprint density at radius 3 is 2.33 bits per heavy atom. The van der Waals surface area contributed by atoms with Gasteiger partial charge in [0.05, 0.1) is 25.5 Å². The summed E-state index contributed by atoms with van der Waals surface area (Å²) in [4.78, 5) is 32.5. The number of anilines is 1. The van der Waals surface area contributed by atoms with Crippen LogP contribution in [0.5, 0.6) is 11.5 Å². The Bertz CT molecular complexity index is 1440. The molecule has 4 rings (SSSR count). The van der Waals surface area contributed by atoms with Crippen molar-refractivity contribution < 1.29 is 19.1 Å². The maximum atomic E-state index is 13.2. The number of aromatic nitrogens is 3. The molecule has 4 aromatic rings. The summed E-state index contributed by atoms with van der Waals surface area (Å²) in [5, 5.41) is 10.3. The Kier molecular flexibility index (Phi) is 9.00. The van der Waals surface area contributed by atoms with Gasteiger partial charge < -0.3 is 20.1 Å². The highest BCUT2D eigenvalue weighted by atomic mass is 16.5. The fraction of sp³-hybridized carbons (Fsp3) is 0.333. The van der Waals surface area contributed by atoms with E-state index in [0.29, 0.717) is 52.6 Å². The van der Waals surface area contributed by atoms with Gasteiger partial charge in [0.2, 0.25) is 0 Å². The molecule has 2 N–H and O–H groups in total. The Balaban J connectivity index is 1.57. The normalized spacial score (nSPS) is 11.3. The van der Waals surface area contributed by atoms with E-state index in [9.17, 15) is 9.59 Å². The van der Waals surface area contributed by atoms with Crippen molar-refractivity contribution in [1.82, 2.24) is 24.8 Å². The third kappa shape index (κ3) is 6.23. The average Bonchev–Trinajstić information content (AvgIpc) is 3.39. The maximum absolute atomic E-state index is 13.2. The molecule has 0 bridgehead atoms. The van der Waals surface area contributed by atoms with Crippen LogP contribution in [0.2, 0.25) is 0 Å². The Labute approximate surface area is 234 Å². The van der Waals surface area contributed by atoms with Crippen molar-refractivity contribution in [2.75, 3.05) is 32.6 Å². The number of ether oxygens (including phenoxy) is 2. The lowest BCUT2D eigenvalue weighted by Gasteiger charge is -2.30. The second kappa shape index (κ2) is 12.6. The largest absolute Gasteiger partial charge is 0.493 e. The molecular weight excluding hydrogens is 508 g/mol. The smallest absolute Gasteiger partial charge is 0.276 e. The average molecular weight is 545 g/mol.